The lowest BCUT2D eigenvalue weighted by Crippen LogP contribution is -2.29. The fourth-order valence-corrected chi connectivity index (χ4v) is 2.36. The van der Waals surface area contributed by atoms with Crippen molar-refractivity contribution in [2.75, 3.05) is 6.54 Å². The number of nitrogens with one attached hydrogen (secondary N) is 1. The molecule has 1 atom stereocenters. The van der Waals surface area contributed by atoms with E-state index in [1.54, 1.807) is 0 Å². The molecule has 0 saturated carbocycles. The first-order valence-electron chi connectivity index (χ1n) is 8.19. The molecule has 1 rings (SSSR count). The predicted octanol–water partition coefficient (Wildman–Crippen LogP) is 4.20. The van der Waals surface area contributed by atoms with E-state index < -0.39 is 0 Å². The van der Waals surface area contributed by atoms with Gasteiger partial charge in [-0.3, -0.25) is 5.32 Å². The zero-order chi connectivity index (χ0) is 14.6. The first kappa shape index (κ1) is 17.2. The van der Waals surface area contributed by atoms with Gasteiger partial charge in [-0.25, -0.2) is 0 Å². The van der Waals surface area contributed by atoms with Crippen LogP contribution >= 0.6 is 0 Å². The summed E-state index contributed by atoms with van der Waals surface area (Å²) in [6, 6.07) is 8.87. The van der Waals surface area contributed by atoms with Gasteiger partial charge in [-0.2, -0.15) is 0 Å². The normalized spacial score (nSPS) is 12.6. The first-order chi connectivity index (χ1) is 9.72. The van der Waals surface area contributed by atoms with Gasteiger partial charge in [-0.1, -0.05) is 56.0 Å². The van der Waals surface area contributed by atoms with Crippen LogP contribution in [-0.4, -0.2) is 17.9 Å². The summed E-state index contributed by atoms with van der Waals surface area (Å²) in [5.74, 6) is 0. The van der Waals surface area contributed by atoms with E-state index >= 15 is 0 Å². The van der Waals surface area contributed by atoms with Gasteiger partial charge in [-0.05, 0) is 51.1 Å². The van der Waals surface area contributed by atoms with Crippen LogP contribution in [0.25, 0.3) is 0 Å². The number of rotatable bonds is 11. The molecule has 1 aromatic carbocycles. The second-order valence-electron chi connectivity index (χ2n) is 5.76. The van der Waals surface area contributed by atoms with Crippen LogP contribution in [0.3, 0.4) is 0 Å². The maximum atomic E-state index is 9.64. The van der Waals surface area contributed by atoms with Gasteiger partial charge in [0.1, 0.15) is 6.23 Å². The third-order valence-electron chi connectivity index (χ3n) is 3.69. The van der Waals surface area contributed by atoms with Crippen LogP contribution in [0.5, 0.6) is 0 Å². The van der Waals surface area contributed by atoms with E-state index in [4.69, 9.17) is 0 Å². The standard InChI is InChI=1S/C18H31NO/c1-3-15-19-18(20)10-8-6-4-5-7-9-17-13-11-16(2)12-14-17/h11-14,18-20H,3-10,15H2,1-2H3. The molecule has 0 fully saturated rings. The predicted molar refractivity (Wildman–Crippen MR) is 86.9 cm³/mol. The van der Waals surface area contributed by atoms with Crippen molar-refractivity contribution >= 4 is 0 Å². The van der Waals surface area contributed by atoms with Crippen LogP contribution < -0.4 is 5.32 Å². The Bertz CT molecular complexity index is 334. The molecule has 20 heavy (non-hydrogen) atoms. The molecule has 0 bridgehead atoms. The van der Waals surface area contributed by atoms with E-state index in [0.29, 0.717) is 0 Å². The molecule has 0 aromatic heterocycles. The zero-order valence-electron chi connectivity index (χ0n) is 13.2. The summed E-state index contributed by atoms with van der Waals surface area (Å²) in [5.41, 5.74) is 2.79. The Morgan fingerprint density at radius 1 is 1.00 bits per heavy atom. The van der Waals surface area contributed by atoms with Crippen molar-refractivity contribution in [1.29, 1.82) is 0 Å². The molecule has 0 aliphatic carbocycles. The summed E-state index contributed by atoms with van der Waals surface area (Å²) in [7, 11) is 0. The van der Waals surface area contributed by atoms with Gasteiger partial charge in [0.15, 0.2) is 0 Å². The molecule has 0 heterocycles. The Morgan fingerprint density at radius 3 is 2.35 bits per heavy atom. The molecule has 2 N–H and O–H groups in total. The lowest BCUT2D eigenvalue weighted by Gasteiger charge is -2.11. The van der Waals surface area contributed by atoms with E-state index in [2.05, 4.69) is 43.4 Å². The highest BCUT2D eigenvalue weighted by Gasteiger charge is 2.01. The van der Waals surface area contributed by atoms with Crippen LogP contribution in [0.1, 0.15) is 63.0 Å². The van der Waals surface area contributed by atoms with Gasteiger partial charge in [0, 0.05) is 0 Å². The van der Waals surface area contributed by atoms with E-state index in [1.807, 2.05) is 0 Å². The van der Waals surface area contributed by atoms with Gasteiger partial charge >= 0.3 is 0 Å². The van der Waals surface area contributed by atoms with Crippen molar-refractivity contribution in [3.63, 3.8) is 0 Å². The summed E-state index contributed by atoms with van der Waals surface area (Å²) in [6.45, 7) is 5.17. The summed E-state index contributed by atoms with van der Waals surface area (Å²) in [6.07, 6.45) is 9.08. The lowest BCUT2D eigenvalue weighted by atomic mass is 10.0. The second kappa shape index (κ2) is 10.9. The Kier molecular flexibility index (Phi) is 9.35. The molecule has 0 saturated heterocycles. The number of hydrogen-bond donors (Lipinski definition) is 2. The minimum atomic E-state index is -0.303. The van der Waals surface area contributed by atoms with Gasteiger partial charge in [0.05, 0.1) is 0 Å². The highest BCUT2D eigenvalue weighted by Crippen LogP contribution is 2.11. The Labute approximate surface area is 124 Å². The maximum Gasteiger partial charge on any atom is 0.104 e. The molecule has 0 aliphatic rings. The number of aliphatic hydroxyl groups is 1. The summed E-state index contributed by atoms with van der Waals surface area (Å²) < 4.78 is 0. The summed E-state index contributed by atoms with van der Waals surface area (Å²) in [5, 5.41) is 12.8. The van der Waals surface area contributed by atoms with Crippen molar-refractivity contribution < 1.29 is 5.11 Å². The van der Waals surface area contributed by atoms with Crippen LogP contribution in [0.2, 0.25) is 0 Å². The van der Waals surface area contributed by atoms with Crippen molar-refractivity contribution in [2.45, 2.75) is 71.4 Å². The Balaban J connectivity index is 1.93. The molecular formula is C18H31NO. The zero-order valence-corrected chi connectivity index (χ0v) is 13.2. The van der Waals surface area contributed by atoms with Crippen LogP contribution in [0.15, 0.2) is 24.3 Å². The van der Waals surface area contributed by atoms with Crippen molar-refractivity contribution in [2.24, 2.45) is 0 Å². The van der Waals surface area contributed by atoms with Crippen molar-refractivity contribution in [1.82, 2.24) is 5.32 Å². The largest absolute Gasteiger partial charge is 0.379 e. The SMILES string of the molecule is CCCNC(O)CCCCCCCc1ccc(C)cc1. The van der Waals surface area contributed by atoms with Crippen LogP contribution in [0.4, 0.5) is 0 Å². The second-order valence-corrected chi connectivity index (χ2v) is 5.76. The van der Waals surface area contributed by atoms with Gasteiger partial charge < -0.3 is 5.11 Å². The minimum absolute atomic E-state index is 0.303. The smallest absolute Gasteiger partial charge is 0.104 e. The number of hydrogen-bond acceptors (Lipinski definition) is 2. The summed E-state index contributed by atoms with van der Waals surface area (Å²) in [4.78, 5) is 0. The highest BCUT2D eigenvalue weighted by molar-refractivity contribution is 5.21. The third kappa shape index (κ3) is 8.34. The molecule has 0 amide bonds. The average Bonchev–Trinajstić information content (AvgIpc) is 2.46. The number of aryl methyl sites for hydroxylation is 2. The Morgan fingerprint density at radius 2 is 1.65 bits per heavy atom. The molecule has 0 radical (unpaired) electrons. The fraction of sp³-hybridized carbons (Fsp3) is 0.667. The molecule has 0 aliphatic heterocycles. The molecule has 2 nitrogen and oxygen atoms in total. The van der Waals surface area contributed by atoms with E-state index in [9.17, 15) is 5.11 Å². The highest BCUT2D eigenvalue weighted by atomic mass is 16.3. The summed E-state index contributed by atoms with van der Waals surface area (Å²) >= 11 is 0. The molecule has 1 aromatic rings. The van der Waals surface area contributed by atoms with Crippen molar-refractivity contribution in [3.05, 3.63) is 35.4 Å². The molecule has 114 valence electrons. The van der Waals surface area contributed by atoms with E-state index in [0.717, 1.165) is 25.8 Å². The topological polar surface area (TPSA) is 32.3 Å². The number of unbranched alkanes of at least 4 members (excludes halogenated alkanes) is 4. The fourth-order valence-electron chi connectivity index (χ4n) is 2.36. The maximum absolute atomic E-state index is 9.64. The quantitative estimate of drug-likeness (QED) is 0.469. The monoisotopic (exact) mass is 277 g/mol. The van der Waals surface area contributed by atoms with Crippen LogP contribution in [-0.2, 0) is 6.42 Å². The average molecular weight is 277 g/mol. The first-order valence-corrected chi connectivity index (χ1v) is 8.19. The minimum Gasteiger partial charge on any atom is -0.379 e. The van der Waals surface area contributed by atoms with E-state index in [-0.39, 0.29) is 6.23 Å². The van der Waals surface area contributed by atoms with Gasteiger partial charge in [0.25, 0.3) is 0 Å². The molecule has 0 spiro atoms. The number of aliphatic hydroxyl groups excluding tert-OH is 1. The van der Waals surface area contributed by atoms with E-state index in [1.165, 1.54) is 43.2 Å². The van der Waals surface area contributed by atoms with Gasteiger partial charge in [-0.15, -0.1) is 0 Å². The van der Waals surface area contributed by atoms with Crippen LogP contribution in [0, 0.1) is 6.92 Å². The molecule has 2 heteroatoms. The Hall–Kier alpha value is -0.860. The number of benzene rings is 1. The third-order valence-corrected chi connectivity index (χ3v) is 3.69. The lowest BCUT2D eigenvalue weighted by molar-refractivity contribution is 0.125. The van der Waals surface area contributed by atoms with Gasteiger partial charge in [0.2, 0.25) is 0 Å². The molecular weight excluding hydrogens is 246 g/mol. The molecule has 1 unspecified atom stereocenters. The van der Waals surface area contributed by atoms with Crippen molar-refractivity contribution in [3.8, 4) is 0 Å².